The average Bonchev–Trinajstić information content (AvgIpc) is 2.96. The highest BCUT2D eigenvalue weighted by Crippen LogP contribution is 2.22. The highest BCUT2D eigenvalue weighted by Gasteiger charge is 2.22. The fourth-order valence-corrected chi connectivity index (χ4v) is 2.90. The zero-order valence-corrected chi connectivity index (χ0v) is 15.0. The van der Waals surface area contributed by atoms with Crippen molar-refractivity contribution < 1.29 is 14.4 Å². The lowest BCUT2D eigenvalue weighted by Crippen LogP contribution is -2.25. The van der Waals surface area contributed by atoms with Crippen LogP contribution in [-0.2, 0) is 6.42 Å². The Morgan fingerprint density at radius 2 is 1.88 bits per heavy atom. The molecule has 0 aliphatic carbocycles. The van der Waals surface area contributed by atoms with Crippen LogP contribution >= 0.6 is 0 Å². The van der Waals surface area contributed by atoms with Gasteiger partial charge in [0.25, 0.3) is 11.8 Å². The first-order chi connectivity index (χ1) is 12.4. The van der Waals surface area contributed by atoms with Gasteiger partial charge in [-0.05, 0) is 38.0 Å². The lowest BCUT2D eigenvalue weighted by atomic mass is 10.0. The summed E-state index contributed by atoms with van der Waals surface area (Å²) < 4.78 is 0. The van der Waals surface area contributed by atoms with Crippen LogP contribution in [0.3, 0.4) is 0 Å². The molecule has 0 saturated carbocycles. The Balaban J connectivity index is 2.35. The van der Waals surface area contributed by atoms with Crippen molar-refractivity contribution in [3.63, 3.8) is 0 Å². The summed E-state index contributed by atoms with van der Waals surface area (Å²) in [5, 5.41) is 5.32. The summed E-state index contributed by atoms with van der Waals surface area (Å²) in [5.74, 6) is 1.46. The third kappa shape index (κ3) is 3.83. The number of aryl methyl sites for hydroxylation is 1. The Labute approximate surface area is 152 Å². The number of carbonyl (C=O) groups is 3. The van der Waals surface area contributed by atoms with Gasteiger partial charge in [-0.25, -0.2) is 0 Å². The van der Waals surface area contributed by atoms with E-state index in [0.29, 0.717) is 40.2 Å². The summed E-state index contributed by atoms with van der Waals surface area (Å²) in [6, 6.07) is 6.65. The standard InChI is InChI=1S/C20H21N3O3/c1-5-11-21-19(25)15-9-7-8-10-16(15)23-20(26)18-14(6-2)17(13(4)24)12(3)22-18/h1,7-10,22H,6,11H2,2-4H3,(H,21,25)(H,23,26). The van der Waals surface area contributed by atoms with E-state index in [1.807, 2.05) is 6.92 Å². The molecule has 2 aromatic rings. The van der Waals surface area contributed by atoms with Crippen LogP contribution < -0.4 is 10.6 Å². The van der Waals surface area contributed by atoms with Gasteiger partial charge in [0.1, 0.15) is 5.69 Å². The number of H-pyrrole nitrogens is 1. The number of amides is 2. The molecular weight excluding hydrogens is 330 g/mol. The molecular formula is C20H21N3O3. The second kappa shape index (κ2) is 8.17. The molecule has 0 saturated heterocycles. The highest BCUT2D eigenvalue weighted by atomic mass is 16.2. The summed E-state index contributed by atoms with van der Waals surface area (Å²) in [6.45, 7) is 5.21. The van der Waals surface area contributed by atoms with E-state index < -0.39 is 5.91 Å². The van der Waals surface area contributed by atoms with Gasteiger partial charge in [-0.1, -0.05) is 25.0 Å². The fraction of sp³-hybridized carbons (Fsp3) is 0.250. The number of para-hydroxylation sites is 1. The van der Waals surface area contributed by atoms with Crippen LogP contribution in [0.5, 0.6) is 0 Å². The summed E-state index contributed by atoms with van der Waals surface area (Å²) >= 11 is 0. The van der Waals surface area contributed by atoms with Gasteiger partial charge in [0, 0.05) is 11.3 Å². The first-order valence-corrected chi connectivity index (χ1v) is 8.25. The molecule has 0 aliphatic rings. The van der Waals surface area contributed by atoms with Crippen LogP contribution in [0.4, 0.5) is 5.69 Å². The van der Waals surface area contributed by atoms with Crippen LogP contribution in [-0.4, -0.2) is 29.1 Å². The molecule has 0 bridgehead atoms. The lowest BCUT2D eigenvalue weighted by molar-refractivity contribution is 0.0958. The molecule has 6 heteroatoms. The van der Waals surface area contributed by atoms with Crippen molar-refractivity contribution in [3.05, 3.63) is 52.3 Å². The van der Waals surface area contributed by atoms with Gasteiger partial charge in [-0.2, -0.15) is 0 Å². The van der Waals surface area contributed by atoms with Crippen LogP contribution in [0.15, 0.2) is 24.3 Å². The molecule has 0 radical (unpaired) electrons. The molecule has 1 heterocycles. The van der Waals surface area contributed by atoms with Gasteiger partial charge in [-0.15, -0.1) is 6.42 Å². The van der Waals surface area contributed by atoms with Crippen LogP contribution in [0.25, 0.3) is 0 Å². The molecule has 0 unspecified atom stereocenters. The number of nitrogens with one attached hydrogen (secondary N) is 3. The minimum atomic E-state index is -0.408. The van der Waals surface area contributed by atoms with E-state index in [0.717, 1.165) is 0 Å². The third-order valence-electron chi connectivity index (χ3n) is 3.99. The monoisotopic (exact) mass is 351 g/mol. The molecule has 0 aliphatic heterocycles. The summed E-state index contributed by atoms with van der Waals surface area (Å²) in [5.41, 5.74) is 2.86. The number of Topliss-reactive ketones (excluding diaryl/α,β-unsaturated/α-hetero) is 1. The van der Waals surface area contributed by atoms with E-state index in [9.17, 15) is 14.4 Å². The maximum Gasteiger partial charge on any atom is 0.272 e. The normalized spacial score (nSPS) is 10.1. The SMILES string of the molecule is C#CCNC(=O)c1ccccc1NC(=O)c1[nH]c(C)c(C(C)=O)c1CC. The van der Waals surface area contributed by atoms with Gasteiger partial charge in [0.15, 0.2) is 5.78 Å². The van der Waals surface area contributed by atoms with Crippen LogP contribution in [0.2, 0.25) is 0 Å². The number of hydrogen-bond donors (Lipinski definition) is 3. The Morgan fingerprint density at radius 1 is 1.19 bits per heavy atom. The number of hydrogen-bond acceptors (Lipinski definition) is 3. The van der Waals surface area contributed by atoms with E-state index in [1.165, 1.54) is 6.92 Å². The summed E-state index contributed by atoms with van der Waals surface area (Å²) in [4.78, 5) is 39.8. The number of aromatic nitrogens is 1. The number of ketones is 1. The van der Waals surface area contributed by atoms with Crippen molar-refractivity contribution in [2.24, 2.45) is 0 Å². The van der Waals surface area contributed by atoms with Crippen molar-refractivity contribution >= 4 is 23.3 Å². The number of anilines is 1. The maximum atomic E-state index is 12.8. The number of rotatable bonds is 6. The van der Waals surface area contributed by atoms with Crippen LogP contribution in [0, 0.1) is 19.3 Å². The predicted octanol–water partition coefficient (Wildman–Crippen LogP) is 2.70. The van der Waals surface area contributed by atoms with Crippen molar-refractivity contribution in [3.8, 4) is 12.3 Å². The van der Waals surface area contributed by atoms with E-state index >= 15 is 0 Å². The Morgan fingerprint density at radius 3 is 2.50 bits per heavy atom. The first-order valence-electron chi connectivity index (χ1n) is 8.25. The van der Waals surface area contributed by atoms with Crippen LogP contribution in [0.1, 0.15) is 56.3 Å². The minimum Gasteiger partial charge on any atom is -0.354 e. The van der Waals surface area contributed by atoms with Gasteiger partial charge in [0.2, 0.25) is 0 Å². The topological polar surface area (TPSA) is 91.1 Å². The molecule has 6 nitrogen and oxygen atoms in total. The first kappa shape index (κ1) is 19.0. The predicted molar refractivity (Wildman–Crippen MR) is 100 cm³/mol. The highest BCUT2D eigenvalue weighted by molar-refractivity contribution is 6.10. The van der Waals surface area contributed by atoms with Gasteiger partial charge in [-0.3, -0.25) is 14.4 Å². The van der Waals surface area contributed by atoms with Crippen molar-refractivity contribution in [2.45, 2.75) is 27.2 Å². The summed E-state index contributed by atoms with van der Waals surface area (Å²) in [6.07, 6.45) is 5.69. The molecule has 0 spiro atoms. The zero-order chi connectivity index (χ0) is 19.3. The largest absolute Gasteiger partial charge is 0.354 e. The second-order valence-corrected chi connectivity index (χ2v) is 5.77. The van der Waals surface area contributed by atoms with Gasteiger partial charge in [0.05, 0.1) is 17.8 Å². The molecule has 3 N–H and O–H groups in total. The fourth-order valence-electron chi connectivity index (χ4n) is 2.90. The third-order valence-corrected chi connectivity index (χ3v) is 3.99. The number of benzene rings is 1. The van der Waals surface area contributed by atoms with E-state index in [1.54, 1.807) is 31.2 Å². The quantitative estimate of drug-likeness (QED) is 0.552. The maximum absolute atomic E-state index is 12.8. The molecule has 26 heavy (non-hydrogen) atoms. The molecule has 1 aromatic heterocycles. The zero-order valence-electron chi connectivity index (χ0n) is 15.0. The molecule has 1 aromatic carbocycles. The molecule has 2 amide bonds. The number of aromatic amines is 1. The molecule has 134 valence electrons. The van der Waals surface area contributed by atoms with Gasteiger partial charge >= 0.3 is 0 Å². The Bertz CT molecular complexity index is 904. The van der Waals surface area contributed by atoms with Gasteiger partial charge < -0.3 is 15.6 Å². The van der Waals surface area contributed by atoms with E-state index in [4.69, 9.17) is 6.42 Å². The van der Waals surface area contributed by atoms with Crippen molar-refractivity contribution in [1.82, 2.24) is 10.3 Å². The Kier molecular flexibility index (Phi) is 5.97. The van der Waals surface area contributed by atoms with E-state index in [-0.39, 0.29) is 18.2 Å². The lowest BCUT2D eigenvalue weighted by Gasteiger charge is -2.11. The molecule has 2 rings (SSSR count). The minimum absolute atomic E-state index is 0.0938. The number of terminal acetylenes is 1. The smallest absolute Gasteiger partial charge is 0.272 e. The van der Waals surface area contributed by atoms with Crippen molar-refractivity contribution in [2.75, 3.05) is 11.9 Å². The molecule has 0 fully saturated rings. The van der Waals surface area contributed by atoms with E-state index in [2.05, 4.69) is 21.5 Å². The summed E-state index contributed by atoms with van der Waals surface area (Å²) in [7, 11) is 0. The Hall–Kier alpha value is -3.33. The van der Waals surface area contributed by atoms with Crippen molar-refractivity contribution in [1.29, 1.82) is 0 Å². The number of carbonyl (C=O) groups excluding carboxylic acids is 3. The average molecular weight is 351 g/mol. The second-order valence-electron chi connectivity index (χ2n) is 5.77. The molecule has 0 atom stereocenters.